The van der Waals surface area contributed by atoms with Gasteiger partial charge in [0, 0.05) is 25.3 Å². The molecule has 4 nitrogen and oxygen atoms in total. The van der Waals surface area contributed by atoms with Gasteiger partial charge in [-0.05, 0) is 49.8 Å². The highest BCUT2D eigenvalue weighted by atomic mass is 127. The molecule has 0 aliphatic carbocycles. The molecular weight excluding hydrogens is 494 g/mol. The molecule has 0 amide bonds. The molecular formula is C21H31F3IN3O. The summed E-state index contributed by atoms with van der Waals surface area (Å²) < 4.78 is 38.2. The van der Waals surface area contributed by atoms with Gasteiger partial charge in [-0.3, -0.25) is 4.99 Å². The van der Waals surface area contributed by atoms with Crippen LogP contribution in [0.2, 0.25) is 0 Å². The highest BCUT2D eigenvalue weighted by Crippen LogP contribution is 2.29. The van der Waals surface area contributed by atoms with E-state index in [2.05, 4.69) is 41.3 Å². The number of nitrogens with one attached hydrogen (secondary N) is 2. The molecule has 29 heavy (non-hydrogen) atoms. The third-order valence-corrected chi connectivity index (χ3v) is 3.96. The van der Waals surface area contributed by atoms with Crippen LogP contribution in [0.3, 0.4) is 0 Å². The van der Waals surface area contributed by atoms with Crippen LogP contribution in [-0.4, -0.2) is 37.3 Å². The molecule has 3 N–H and O–H groups in total. The van der Waals surface area contributed by atoms with E-state index in [9.17, 15) is 18.3 Å². The summed E-state index contributed by atoms with van der Waals surface area (Å²) >= 11 is 0. The minimum Gasteiger partial charge on any atom is -0.396 e. The zero-order chi connectivity index (χ0) is 21.0. The summed E-state index contributed by atoms with van der Waals surface area (Å²) in [6, 6.07) is 4.96. The van der Waals surface area contributed by atoms with Crippen molar-refractivity contribution in [1.29, 1.82) is 0 Å². The third-order valence-electron chi connectivity index (χ3n) is 3.96. The van der Waals surface area contributed by atoms with Crippen molar-refractivity contribution < 1.29 is 18.3 Å². The van der Waals surface area contributed by atoms with Gasteiger partial charge in [-0.15, -0.1) is 24.0 Å². The second kappa shape index (κ2) is 14.5. The average molecular weight is 525 g/mol. The quantitative estimate of drug-likeness (QED) is 0.206. The molecule has 1 aromatic rings. The van der Waals surface area contributed by atoms with Crippen molar-refractivity contribution in [2.24, 2.45) is 16.8 Å². The number of benzene rings is 1. The molecule has 1 unspecified atom stereocenters. The fraction of sp³-hybridized carbons (Fsp3) is 0.571. The maximum Gasteiger partial charge on any atom is 0.416 e. The minimum atomic E-state index is -4.37. The summed E-state index contributed by atoms with van der Waals surface area (Å²) in [7, 11) is 0. The number of hydrogen-bond acceptors (Lipinski definition) is 2. The fourth-order valence-corrected chi connectivity index (χ4v) is 2.74. The van der Waals surface area contributed by atoms with E-state index in [-0.39, 0.29) is 37.1 Å². The van der Waals surface area contributed by atoms with Crippen molar-refractivity contribution in [2.45, 2.75) is 39.8 Å². The first-order valence-electron chi connectivity index (χ1n) is 9.55. The standard InChI is InChI=1S/C21H30F3N3O.HI/c1-4-25-20(27-15-18(10-12-28)13-16(2)3)26-11-6-8-17-7-5-9-19(14-17)21(22,23)24;/h5,7,9,14,16,18,28H,4,10-13,15H2,1-3H3,(H2,25,26,27);1H. The molecule has 0 aliphatic rings. The first kappa shape index (κ1) is 27.5. The van der Waals surface area contributed by atoms with Crippen LogP contribution in [0.15, 0.2) is 29.3 Å². The first-order valence-corrected chi connectivity index (χ1v) is 9.55. The normalized spacial score (nSPS) is 12.6. The van der Waals surface area contributed by atoms with E-state index in [0.717, 1.165) is 18.6 Å². The molecule has 1 atom stereocenters. The molecule has 0 spiro atoms. The lowest BCUT2D eigenvalue weighted by Gasteiger charge is -2.17. The number of halogens is 4. The summed E-state index contributed by atoms with van der Waals surface area (Å²) in [5.41, 5.74) is -0.388. The van der Waals surface area contributed by atoms with Gasteiger partial charge in [0.25, 0.3) is 0 Å². The van der Waals surface area contributed by atoms with Crippen LogP contribution < -0.4 is 10.6 Å². The SMILES string of the molecule is CCNC(=NCC(CCO)CC(C)C)NCC#Cc1cccc(C(F)(F)F)c1.I. The monoisotopic (exact) mass is 525 g/mol. The molecule has 0 saturated carbocycles. The van der Waals surface area contributed by atoms with Crippen molar-refractivity contribution in [1.82, 2.24) is 10.6 Å². The molecule has 0 aromatic heterocycles. The van der Waals surface area contributed by atoms with Gasteiger partial charge in [0.05, 0.1) is 12.1 Å². The topological polar surface area (TPSA) is 56.7 Å². The predicted molar refractivity (Wildman–Crippen MR) is 122 cm³/mol. The van der Waals surface area contributed by atoms with Crippen LogP contribution in [0.1, 0.15) is 44.7 Å². The van der Waals surface area contributed by atoms with Crippen molar-refractivity contribution in [2.75, 3.05) is 26.2 Å². The third kappa shape index (κ3) is 12.0. The van der Waals surface area contributed by atoms with E-state index >= 15 is 0 Å². The summed E-state index contributed by atoms with van der Waals surface area (Å²) in [5.74, 6) is 7.00. The number of rotatable bonds is 8. The Bertz CT molecular complexity index is 682. The lowest BCUT2D eigenvalue weighted by atomic mass is 9.94. The zero-order valence-corrected chi connectivity index (χ0v) is 19.5. The Morgan fingerprint density at radius 3 is 2.55 bits per heavy atom. The molecule has 1 rings (SSSR count). The van der Waals surface area contributed by atoms with Crippen LogP contribution in [0.4, 0.5) is 13.2 Å². The predicted octanol–water partition coefficient (Wildman–Crippen LogP) is 4.27. The Kier molecular flexibility index (Phi) is 13.8. The lowest BCUT2D eigenvalue weighted by Crippen LogP contribution is -2.38. The molecule has 0 bridgehead atoms. The maximum absolute atomic E-state index is 12.7. The van der Waals surface area contributed by atoms with Gasteiger partial charge in [0.2, 0.25) is 0 Å². The summed E-state index contributed by atoms with van der Waals surface area (Å²) in [6.07, 6.45) is -2.68. The highest BCUT2D eigenvalue weighted by Gasteiger charge is 2.30. The van der Waals surface area contributed by atoms with Crippen molar-refractivity contribution in [3.05, 3.63) is 35.4 Å². The van der Waals surface area contributed by atoms with E-state index in [1.807, 2.05) is 6.92 Å². The van der Waals surface area contributed by atoms with Gasteiger partial charge >= 0.3 is 6.18 Å². The molecule has 1 aromatic carbocycles. The number of alkyl halides is 3. The van der Waals surface area contributed by atoms with Gasteiger partial charge in [-0.1, -0.05) is 31.8 Å². The Hall–Kier alpha value is -1.47. The van der Waals surface area contributed by atoms with Crippen molar-refractivity contribution >= 4 is 29.9 Å². The van der Waals surface area contributed by atoms with E-state index < -0.39 is 11.7 Å². The van der Waals surface area contributed by atoms with Crippen molar-refractivity contribution in [3.8, 4) is 11.8 Å². The second-order valence-corrected chi connectivity index (χ2v) is 6.96. The number of aliphatic hydroxyl groups excluding tert-OH is 1. The number of hydrogen-bond donors (Lipinski definition) is 3. The Balaban J connectivity index is 0.00000784. The van der Waals surface area contributed by atoms with Crippen LogP contribution in [0.5, 0.6) is 0 Å². The zero-order valence-electron chi connectivity index (χ0n) is 17.1. The Morgan fingerprint density at radius 2 is 1.97 bits per heavy atom. The minimum absolute atomic E-state index is 0. The fourth-order valence-electron chi connectivity index (χ4n) is 2.74. The summed E-state index contributed by atoms with van der Waals surface area (Å²) in [5, 5.41) is 15.4. The van der Waals surface area contributed by atoms with Gasteiger partial charge in [0.1, 0.15) is 0 Å². The lowest BCUT2D eigenvalue weighted by molar-refractivity contribution is -0.137. The van der Waals surface area contributed by atoms with Crippen molar-refractivity contribution in [3.63, 3.8) is 0 Å². The molecule has 0 aliphatic heterocycles. The smallest absolute Gasteiger partial charge is 0.396 e. The Labute approximate surface area is 188 Å². The molecule has 0 fully saturated rings. The van der Waals surface area contributed by atoms with Gasteiger partial charge < -0.3 is 15.7 Å². The molecule has 0 heterocycles. The number of guanidine groups is 1. The average Bonchev–Trinajstić information content (AvgIpc) is 2.62. The van der Waals surface area contributed by atoms with Gasteiger partial charge in [-0.25, -0.2) is 0 Å². The van der Waals surface area contributed by atoms with E-state index in [1.165, 1.54) is 6.07 Å². The van der Waals surface area contributed by atoms with Gasteiger partial charge in [0.15, 0.2) is 5.96 Å². The summed E-state index contributed by atoms with van der Waals surface area (Å²) in [6.45, 7) is 7.90. The van der Waals surface area contributed by atoms with Crippen LogP contribution in [0.25, 0.3) is 0 Å². The largest absolute Gasteiger partial charge is 0.416 e. The highest BCUT2D eigenvalue weighted by molar-refractivity contribution is 14.0. The molecule has 164 valence electrons. The summed E-state index contributed by atoms with van der Waals surface area (Å²) in [4.78, 5) is 4.54. The molecule has 0 saturated heterocycles. The van der Waals surface area contributed by atoms with E-state index in [4.69, 9.17) is 0 Å². The van der Waals surface area contributed by atoms with Crippen LogP contribution in [0, 0.1) is 23.7 Å². The molecule has 8 heteroatoms. The van der Waals surface area contributed by atoms with Crippen LogP contribution in [-0.2, 0) is 6.18 Å². The maximum atomic E-state index is 12.7. The van der Waals surface area contributed by atoms with Crippen LogP contribution >= 0.6 is 24.0 Å². The van der Waals surface area contributed by atoms with E-state index in [1.54, 1.807) is 6.07 Å². The number of nitrogens with zero attached hydrogens (tertiary/aromatic N) is 1. The first-order chi connectivity index (χ1) is 13.3. The Morgan fingerprint density at radius 1 is 1.24 bits per heavy atom. The van der Waals surface area contributed by atoms with E-state index in [0.29, 0.717) is 42.9 Å². The number of aliphatic imine (C=N–C) groups is 1. The molecule has 0 radical (unpaired) electrons. The second-order valence-electron chi connectivity index (χ2n) is 6.96. The number of aliphatic hydroxyl groups is 1. The van der Waals surface area contributed by atoms with Gasteiger partial charge in [-0.2, -0.15) is 13.2 Å².